The fourth-order valence-corrected chi connectivity index (χ4v) is 5.47. The van der Waals surface area contributed by atoms with Crippen LogP contribution in [-0.2, 0) is 15.0 Å². The van der Waals surface area contributed by atoms with Crippen molar-refractivity contribution in [2.75, 3.05) is 16.0 Å². The van der Waals surface area contributed by atoms with Crippen LogP contribution in [0.5, 0.6) is 0 Å². The summed E-state index contributed by atoms with van der Waals surface area (Å²) in [6.45, 7) is 8.58. The molecule has 34 heavy (non-hydrogen) atoms. The second-order valence-electron chi connectivity index (χ2n) is 9.71. The number of thioether (sulfide) groups is 1. The van der Waals surface area contributed by atoms with Gasteiger partial charge in [0.15, 0.2) is 0 Å². The Hall–Kier alpha value is -3.05. The van der Waals surface area contributed by atoms with Gasteiger partial charge in [0.25, 0.3) is 0 Å². The molecule has 2 amide bonds. The zero-order valence-corrected chi connectivity index (χ0v) is 21.1. The molecule has 1 N–H and O–H groups in total. The highest BCUT2D eigenvalue weighted by Gasteiger charge is 2.34. The van der Waals surface area contributed by atoms with Gasteiger partial charge in [-0.25, -0.2) is 0 Å². The van der Waals surface area contributed by atoms with E-state index in [1.165, 1.54) is 5.56 Å². The first-order valence-electron chi connectivity index (χ1n) is 11.8. The number of carbonyl (C=O) groups excluding carboxylic acids is 2. The van der Waals surface area contributed by atoms with Crippen LogP contribution < -0.4 is 10.2 Å². The van der Waals surface area contributed by atoms with Crippen molar-refractivity contribution in [2.45, 2.75) is 50.8 Å². The van der Waals surface area contributed by atoms with Crippen molar-refractivity contribution in [2.24, 2.45) is 0 Å². The highest BCUT2D eigenvalue weighted by molar-refractivity contribution is 8.00. The Morgan fingerprint density at radius 1 is 1.00 bits per heavy atom. The van der Waals surface area contributed by atoms with Crippen molar-refractivity contribution in [1.82, 2.24) is 0 Å². The molecule has 1 aliphatic rings. The number of nitrogens with one attached hydrogen (secondary N) is 1. The van der Waals surface area contributed by atoms with Gasteiger partial charge in [-0.05, 0) is 52.8 Å². The molecule has 1 aliphatic heterocycles. The standard InChI is InChI=1S/C29H32N2O2S/c1-5-25(20-9-7-6-8-10-20)27(33)30-23-15-11-21(12-16-23)28-31(26(32)19-34-28)24-17-13-22(14-18-24)29(2,3)4/h6-18,25,28H,5,19H2,1-4H3,(H,30,33)/t25-,28-/m1/s1. The molecule has 1 fully saturated rings. The monoisotopic (exact) mass is 472 g/mol. The first kappa shape index (κ1) is 24.1. The molecule has 0 bridgehead atoms. The van der Waals surface area contributed by atoms with Crippen molar-refractivity contribution in [3.05, 3.63) is 95.6 Å². The van der Waals surface area contributed by atoms with E-state index in [1.807, 2.05) is 78.6 Å². The first-order valence-corrected chi connectivity index (χ1v) is 12.8. The van der Waals surface area contributed by atoms with Gasteiger partial charge in [-0.2, -0.15) is 0 Å². The second-order valence-corrected chi connectivity index (χ2v) is 10.8. The van der Waals surface area contributed by atoms with Crippen molar-refractivity contribution in [3.63, 3.8) is 0 Å². The summed E-state index contributed by atoms with van der Waals surface area (Å²) in [5, 5.41) is 2.98. The lowest BCUT2D eigenvalue weighted by molar-refractivity contribution is -0.118. The molecule has 0 unspecified atom stereocenters. The summed E-state index contributed by atoms with van der Waals surface area (Å²) in [5.41, 5.74) is 5.06. The van der Waals surface area contributed by atoms with Crippen LogP contribution in [0, 0.1) is 0 Å². The van der Waals surface area contributed by atoms with Gasteiger partial charge in [0.2, 0.25) is 11.8 Å². The molecule has 0 radical (unpaired) electrons. The van der Waals surface area contributed by atoms with Gasteiger partial charge in [0, 0.05) is 11.4 Å². The lowest BCUT2D eigenvalue weighted by Gasteiger charge is -2.26. The van der Waals surface area contributed by atoms with E-state index >= 15 is 0 Å². The van der Waals surface area contributed by atoms with Crippen LogP contribution in [0.4, 0.5) is 11.4 Å². The third kappa shape index (κ3) is 5.20. The summed E-state index contributed by atoms with van der Waals surface area (Å²) < 4.78 is 0. The highest BCUT2D eigenvalue weighted by Crippen LogP contribution is 2.42. The minimum atomic E-state index is -0.185. The third-order valence-electron chi connectivity index (χ3n) is 6.27. The van der Waals surface area contributed by atoms with Crippen LogP contribution in [-0.4, -0.2) is 17.6 Å². The molecule has 2 atom stereocenters. The van der Waals surface area contributed by atoms with E-state index in [-0.39, 0.29) is 28.5 Å². The predicted molar refractivity (Wildman–Crippen MR) is 142 cm³/mol. The quantitative estimate of drug-likeness (QED) is 0.425. The molecule has 1 saturated heterocycles. The van der Waals surface area contributed by atoms with E-state index < -0.39 is 0 Å². The van der Waals surface area contributed by atoms with E-state index in [1.54, 1.807) is 11.8 Å². The molecule has 5 heteroatoms. The van der Waals surface area contributed by atoms with Gasteiger partial charge in [0.1, 0.15) is 5.37 Å². The Kier molecular flexibility index (Phi) is 7.13. The largest absolute Gasteiger partial charge is 0.326 e. The van der Waals surface area contributed by atoms with E-state index in [0.29, 0.717) is 5.75 Å². The Bertz CT molecular complexity index is 1140. The Balaban J connectivity index is 1.49. The molecule has 0 aromatic heterocycles. The molecule has 0 spiro atoms. The minimum Gasteiger partial charge on any atom is -0.326 e. The van der Waals surface area contributed by atoms with Crippen molar-refractivity contribution < 1.29 is 9.59 Å². The van der Waals surface area contributed by atoms with Gasteiger partial charge in [-0.3, -0.25) is 14.5 Å². The van der Waals surface area contributed by atoms with Gasteiger partial charge in [0.05, 0.1) is 11.7 Å². The van der Waals surface area contributed by atoms with Gasteiger partial charge in [-0.1, -0.05) is 82.3 Å². The molecule has 4 nitrogen and oxygen atoms in total. The SMILES string of the molecule is CC[C@@H](C(=O)Nc1ccc([C@H]2SCC(=O)N2c2ccc(C(C)(C)C)cc2)cc1)c1ccccc1. The van der Waals surface area contributed by atoms with Crippen LogP contribution in [0.2, 0.25) is 0 Å². The fraction of sp³-hybridized carbons (Fsp3) is 0.310. The highest BCUT2D eigenvalue weighted by atomic mass is 32.2. The summed E-state index contributed by atoms with van der Waals surface area (Å²) in [6.07, 6.45) is 0.734. The molecule has 0 aliphatic carbocycles. The summed E-state index contributed by atoms with van der Waals surface area (Å²) in [4.78, 5) is 27.5. The number of rotatable bonds is 6. The predicted octanol–water partition coefficient (Wildman–Crippen LogP) is 6.90. The topological polar surface area (TPSA) is 49.4 Å². The minimum absolute atomic E-state index is 0.00701. The van der Waals surface area contributed by atoms with Crippen LogP contribution in [0.3, 0.4) is 0 Å². The lowest BCUT2D eigenvalue weighted by atomic mass is 9.87. The average Bonchev–Trinajstić information content (AvgIpc) is 3.21. The smallest absolute Gasteiger partial charge is 0.238 e. The molecular weight excluding hydrogens is 440 g/mol. The van der Waals surface area contributed by atoms with Crippen LogP contribution in [0.15, 0.2) is 78.9 Å². The fourth-order valence-electron chi connectivity index (χ4n) is 4.29. The number of hydrogen-bond acceptors (Lipinski definition) is 3. The molecule has 0 saturated carbocycles. The number of amides is 2. The Labute approximate surface area is 206 Å². The van der Waals surface area contributed by atoms with Gasteiger partial charge >= 0.3 is 0 Å². The number of hydrogen-bond donors (Lipinski definition) is 1. The summed E-state index contributed by atoms with van der Waals surface area (Å²) >= 11 is 1.63. The van der Waals surface area contributed by atoms with Crippen molar-refractivity contribution >= 4 is 35.0 Å². The molecule has 4 rings (SSSR count). The third-order valence-corrected chi connectivity index (χ3v) is 7.48. The van der Waals surface area contributed by atoms with E-state index in [0.717, 1.165) is 28.9 Å². The van der Waals surface area contributed by atoms with Crippen LogP contribution in [0.25, 0.3) is 0 Å². The van der Waals surface area contributed by atoms with Crippen LogP contribution >= 0.6 is 11.8 Å². The number of benzene rings is 3. The van der Waals surface area contributed by atoms with Gasteiger partial charge < -0.3 is 5.32 Å². The van der Waals surface area contributed by atoms with Crippen molar-refractivity contribution in [1.29, 1.82) is 0 Å². The first-order chi connectivity index (χ1) is 16.3. The lowest BCUT2D eigenvalue weighted by Crippen LogP contribution is -2.28. The average molecular weight is 473 g/mol. The normalized spacial score (nSPS) is 17.0. The summed E-state index contributed by atoms with van der Waals surface area (Å²) in [6, 6.07) is 26.0. The van der Waals surface area contributed by atoms with Crippen LogP contribution in [0.1, 0.15) is 62.1 Å². The zero-order chi connectivity index (χ0) is 24.3. The Morgan fingerprint density at radius 3 is 2.24 bits per heavy atom. The number of nitrogens with zero attached hydrogens (tertiary/aromatic N) is 1. The summed E-state index contributed by atoms with van der Waals surface area (Å²) in [7, 11) is 0. The maximum absolute atomic E-state index is 12.9. The number of anilines is 2. The maximum Gasteiger partial charge on any atom is 0.238 e. The van der Waals surface area contributed by atoms with E-state index in [2.05, 4.69) is 38.2 Å². The van der Waals surface area contributed by atoms with E-state index in [4.69, 9.17) is 0 Å². The van der Waals surface area contributed by atoms with Crippen molar-refractivity contribution in [3.8, 4) is 0 Å². The zero-order valence-electron chi connectivity index (χ0n) is 20.2. The second kappa shape index (κ2) is 10.1. The maximum atomic E-state index is 12.9. The Morgan fingerprint density at radius 2 is 1.65 bits per heavy atom. The van der Waals surface area contributed by atoms with E-state index in [9.17, 15) is 9.59 Å². The number of carbonyl (C=O) groups is 2. The van der Waals surface area contributed by atoms with Gasteiger partial charge in [-0.15, -0.1) is 11.8 Å². The molecule has 3 aromatic carbocycles. The molecule has 176 valence electrons. The molecule has 1 heterocycles. The molecular formula is C29H32N2O2S. The molecule has 3 aromatic rings. The summed E-state index contributed by atoms with van der Waals surface area (Å²) in [5.74, 6) is 0.381.